The summed E-state index contributed by atoms with van der Waals surface area (Å²) in [6.07, 6.45) is 2.30. The number of hydrazone groups is 1. The second kappa shape index (κ2) is 10.3. The molecular formula is C18H18Cl2N4O5S. The van der Waals surface area contributed by atoms with Gasteiger partial charge in [0.2, 0.25) is 10.0 Å². The van der Waals surface area contributed by atoms with Crippen LogP contribution < -0.4 is 20.2 Å². The molecule has 2 amide bonds. The molecular weight excluding hydrogens is 455 g/mol. The first-order valence-corrected chi connectivity index (χ1v) is 10.9. The lowest BCUT2D eigenvalue weighted by molar-refractivity contribution is -0.120. The zero-order valence-electron chi connectivity index (χ0n) is 15.7. The molecule has 0 saturated carbocycles. The van der Waals surface area contributed by atoms with Gasteiger partial charge < -0.3 is 10.5 Å². The van der Waals surface area contributed by atoms with Crippen molar-refractivity contribution < 1.29 is 22.7 Å². The molecule has 0 aromatic heterocycles. The second-order valence-electron chi connectivity index (χ2n) is 5.96. The van der Waals surface area contributed by atoms with Crippen LogP contribution in [0.4, 0.5) is 5.69 Å². The normalized spacial score (nSPS) is 11.3. The van der Waals surface area contributed by atoms with E-state index >= 15 is 0 Å². The van der Waals surface area contributed by atoms with Gasteiger partial charge in [0.1, 0.15) is 12.3 Å². The van der Waals surface area contributed by atoms with Gasteiger partial charge in [-0.3, -0.25) is 13.9 Å². The number of hydrogen-bond acceptors (Lipinski definition) is 6. The fourth-order valence-corrected chi connectivity index (χ4v) is 3.52. The number of nitrogens with one attached hydrogen (secondary N) is 1. The minimum absolute atomic E-state index is 0.0135. The third-order valence-corrected chi connectivity index (χ3v) is 5.49. The maximum absolute atomic E-state index is 12.2. The van der Waals surface area contributed by atoms with Crippen LogP contribution in [0.5, 0.6) is 5.75 Å². The molecule has 0 radical (unpaired) electrons. The van der Waals surface area contributed by atoms with Crippen LogP contribution in [-0.4, -0.2) is 45.9 Å². The van der Waals surface area contributed by atoms with E-state index in [4.69, 9.17) is 33.7 Å². The number of primary amides is 1. The Kier molecular flexibility index (Phi) is 8.04. The number of benzene rings is 2. The molecule has 30 heavy (non-hydrogen) atoms. The van der Waals surface area contributed by atoms with Crippen LogP contribution in [0.15, 0.2) is 47.6 Å². The number of carbonyl (C=O) groups excluding carboxylic acids is 2. The Morgan fingerprint density at radius 2 is 1.87 bits per heavy atom. The first-order valence-electron chi connectivity index (χ1n) is 8.32. The summed E-state index contributed by atoms with van der Waals surface area (Å²) in [7, 11) is -3.82. The Morgan fingerprint density at radius 1 is 1.20 bits per heavy atom. The van der Waals surface area contributed by atoms with Gasteiger partial charge in [-0.25, -0.2) is 13.8 Å². The lowest BCUT2D eigenvalue weighted by Gasteiger charge is -2.22. The molecule has 0 fully saturated rings. The Morgan fingerprint density at radius 3 is 2.47 bits per heavy atom. The van der Waals surface area contributed by atoms with E-state index in [0.717, 1.165) is 10.6 Å². The molecule has 0 spiro atoms. The number of anilines is 1. The first-order chi connectivity index (χ1) is 14.1. The number of halogens is 2. The average Bonchev–Trinajstić information content (AvgIpc) is 2.67. The van der Waals surface area contributed by atoms with Crippen LogP contribution in [0.3, 0.4) is 0 Å². The number of sulfonamides is 1. The van der Waals surface area contributed by atoms with E-state index in [1.165, 1.54) is 24.4 Å². The Labute approximate surface area is 183 Å². The van der Waals surface area contributed by atoms with Gasteiger partial charge in [0.05, 0.1) is 28.2 Å². The SMILES string of the molecule is CS(=O)(=O)N(CC(=O)N/N=C\c1ccc(OCC(N)=O)cc1)c1cccc(Cl)c1Cl. The summed E-state index contributed by atoms with van der Waals surface area (Å²) in [5.41, 5.74) is 7.95. The van der Waals surface area contributed by atoms with Crippen LogP contribution in [-0.2, 0) is 19.6 Å². The van der Waals surface area contributed by atoms with Crippen molar-refractivity contribution in [3.8, 4) is 5.75 Å². The third kappa shape index (κ3) is 6.90. The molecule has 0 bridgehead atoms. The lowest BCUT2D eigenvalue weighted by Crippen LogP contribution is -2.39. The molecule has 160 valence electrons. The van der Waals surface area contributed by atoms with Crippen molar-refractivity contribution in [2.45, 2.75) is 0 Å². The summed E-state index contributed by atoms with van der Waals surface area (Å²) in [4.78, 5) is 22.9. The predicted octanol–water partition coefficient (Wildman–Crippen LogP) is 1.77. The number of carbonyl (C=O) groups is 2. The number of amides is 2. The third-order valence-electron chi connectivity index (χ3n) is 3.55. The van der Waals surface area contributed by atoms with Crippen molar-refractivity contribution in [3.05, 3.63) is 58.1 Å². The molecule has 0 saturated heterocycles. The standard InChI is InChI=1S/C18H18Cl2N4O5S/c1-30(27,28)24(15-4-2-3-14(19)18(15)20)10-17(26)23-22-9-12-5-7-13(8-6-12)29-11-16(21)25/h2-9H,10-11H2,1H3,(H2,21,25)(H,23,26)/b22-9-. The van der Waals surface area contributed by atoms with Gasteiger partial charge in [0.25, 0.3) is 11.8 Å². The zero-order valence-corrected chi connectivity index (χ0v) is 18.0. The molecule has 0 aliphatic heterocycles. The van der Waals surface area contributed by atoms with Gasteiger partial charge in [0, 0.05) is 0 Å². The van der Waals surface area contributed by atoms with Crippen molar-refractivity contribution in [2.75, 3.05) is 23.7 Å². The Bertz CT molecular complexity index is 1060. The highest BCUT2D eigenvalue weighted by atomic mass is 35.5. The number of nitrogens with zero attached hydrogens (tertiary/aromatic N) is 2. The second-order valence-corrected chi connectivity index (χ2v) is 8.65. The van der Waals surface area contributed by atoms with Crippen LogP contribution in [0, 0.1) is 0 Å². The van der Waals surface area contributed by atoms with Crippen LogP contribution in [0.1, 0.15) is 5.56 Å². The summed E-state index contributed by atoms with van der Waals surface area (Å²) < 4.78 is 30.2. The largest absolute Gasteiger partial charge is 0.484 e. The minimum Gasteiger partial charge on any atom is -0.484 e. The highest BCUT2D eigenvalue weighted by molar-refractivity contribution is 7.92. The van der Waals surface area contributed by atoms with Gasteiger partial charge in [-0.05, 0) is 42.0 Å². The number of hydrogen-bond donors (Lipinski definition) is 2. The fourth-order valence-electron chi connectivity index (χ4n) is 2.22. The smallest absolute Gasteiger partial charge is 0.260 e. The van der Waals surface area contributed by atoms with E-state index in [1.807, 2.05) is 0 Å². The van der Waals surface area contributed by atoms with E-state index in [0.29, 0.717) is 11.3 Å². The van der Waals surface area contributed by atoms with Crippen LogP contribution >= 0.6 is 23.2 Å². The van der Waals surface area contributed by atoms with Gasteiger partial charge in [-0.15, -0.1) is 0 Å². The number of nitrogens with two attached hydrogens (primary N) is 1. The van der Waals surface area contributed by atoms with Crippen molar-refractivity contribution in [3.63, 3.8) is 0 Å². The van der Waals surface area contributed by atoms with E-state index in [1.54, 1.807) is 24.3 Å². The van der Waals surface area contributed by atoms with Gasteiger partial charge in [0.15, 0.2) is 6.61 Å². The van der Waals surface area contributed by atoms with E-state index in [2.05, 4.69) is 10.5 Å². The summed E-state index contributed by atoms with van der Waals surface area (Å²) in [6, 6.07) is 10.9. The van der Waals surface area contributed by atoms with Crippen LogP contribution in [0.25, 0.3) is 0 Å². The summed E-state index contributed by atoms with van der Waals surface area (Å²) >= 11 is 12.0. The molecule has 0 aliphatic rings. The lowest BCUT2D eigenvalue weighted by atomic mass is 10.2. The topological polar surface area (TPSA) is 131 Å². The molecule has 0 heterocycles. The van der Waals surface area contributed by atoms with E-state index < -0.39 is 28.4 Å². The quantitative estimate of drug-likeness (QED) is 0.424. The summed E-state index contributed by atoms with van der Waals surface area (Å²) in [6.45, 7) is -0.785. The predicted molar refractivity (Wildman–Crippen MR) is 116 cm³/mol. The molecule has 2 aromatic rings. The monoisotopic (exact) mass is 472 g/mol. The first kappa shape index (κ1) is 23.5. The van der Waals surface area contributed by atoms with Crippen LogP contribution in [0.2, 0.25) is 10.0 Å². The Balaban J connectivity index is 2.02. The Hall–Kier alpha value is -2.82. The summed E-state index contributed by atoms with van der Waals surface area (Å²) in [5.74, 6) is -0.836. The summed E-state index contributed by atoms with van der Waals surface area (Å²) in [5, 5.41) is 3.96. The average molecular weight is 473 g/mol. The molecule has 2 rings (SSSR count). The van der Waals surface area contributed by atoms with Crippen molar-refractivity contribution in [1.82, 2.24) is 5.43 Å². The van der Waals surface area contributed by atoms with E-state index in [9.17, 15) is 18.0 Å². The molecule has 2 aromatic carbocycles. The highest BCUT2D eigenvalue weighted by Crippen LogP contribution is 2.33. The number of rotatable bonds is 9. The molecule has 9 nitrogen and oxygen atoms in total. The molecule has 0 atom stereocenters. The van der Waals surface area contributed by atoms with Crippen molar-refractivity contribution >= 4 is 56.9 Å². The van der Waals surface area contributed by atoms with Crippen molar-refractivity contribution in [1.29, 1.82) is 0 Å². The van der Waals surface area contributed by atoms with Gasteiger partial charge in [-0.2, -0.15) is 5.10 Å². The molecule has 12 heteroatoms. The molecule has 0 aliphatic carbocycles. The van der Waals surface area contributed by atoms with Gasteiger partial charge >= 0.3 is 0 Å². The number of ether oxygens (including phenoxy) is 1. The van der Waals surface area contributed by atoms with E-state index in [-0.39, 0.29) is 22.3 Å². The molecule has 0 unspecified atom stereocenters. The fraction of sp³-hybridized carbons (Fsp3) is 0.167. The zero-order chi connectivity index (χ0) is 22.3. The minimum atomic E-state index is -3.82. The maximum Gasteiger partial charge on any atom is 0.260 e. The van der Waals surface area contributed by atoms with Crippen molar-refractivity contribution in [2.24, 2.45) is 10.8 Å². The maximum atomic E-state index is 12.2. The highest BCUT2D eigenvalue weighted by Gasteiger charge is 2.23. The van der Waals surface area contributed by atoms with Gasteiger partial charge in [-0.1, -0.05) is 29.3 Å². The molecule has 3 N–H and O–H groups in total.